The van der Waals surface area contributed by atoms with E-state index in [0.29, 0.717) is 5.92 Å². The van der Waals surface area contributed by atoms with Gasteiger partial charge in [-0.25, -0.2) is 0 Å². The Morgan fingerprint density at radius 3 is 1.61 bits per heavy atom. The first-order valence-electron chi connectivity index (χ1n) is 14.1. The normalized spacial score (nSPS) is 13.1. The van der Waals surface area contributed by atoms with Gasteiger partial charge in [-0.15, -0.1) is 0 Å². The molecule has 0 aliphatic rings. The van der Waals surface area contributed by atoms with Gasteiger partial charge < -0.3 is 4.98 Å². The molecule has 0 saturated heterocycles. The first kappa shape index (κ1) is 28.1. The molecule has 1 aromatic heterocycles. The maximum atomic E-state index is 3.46. The molecule has 0 spiro atoms. The largest absolute Gasteiger partial charge is 0.364 e. The van der Waals surface area contributed by atoms with Crippen molar-refractivity contribution in [2.24, 2.45) is 0 Å². The molecule has 1 rings (SSSR count). The lowest BCUT2D eigenvalue weighted by atomic mass is 9.90. The average molecular weight is 430 g/mol. The van der Waals surface area contributed by atoms with Crippen molar-refractivity contribution >= 4 is 0 Å². The second-order valence-corrected chi connectivity index (χ2v) is 9.86. The summed E-state index contributed by atoms with van der Waals surface area (Å²) in [5.74, 6) is 0.595. The van der Waals surface area contributed by atoms with Crippen molar-refractivity contribution in [3.05, 3.63) is 35.7 Å². The third-order valence-corrected chi connectivity index (χ3v) is 6.90. The molecule has 180 valence electrons. The molecule has 31 heavy (non-hydrogen) atoms. The number of hydrogen-bond acceptors (Lipinski definition) is 0. The van der Waals surface area contributed by atoms with Crippen molar-refractivity contribution in [2.75, 3.05) is 0 Å². The Kier molecular flexibility index (Phi) is 18.9. The van der Waals surface area contributed by atoms with E-state index in [2.05, 4.69) is 50.2 Å². The van der Waals surface area contributed by atoms with E-state index in [1.54, 1.807) is 5.57 Å². The second kappa shape index (κ2) is 20.9. The van der Waals surface area contributed by atoms with Crippen LogP contribution in [0.25, 0.3) is 0 Å². The predicted molar refractivity (Wildman–Crippen MR) is 141 cm³/mol. The Morgan fingerprint density at radius 1 is 0.710 bits per heavy atom. The Hall–Kier alpha value is -0.980. The Labute approximate surface area is 195 Å². The average Bonchev–Trinajstić information content (AvgIpc) is 3.31. The molecule has 0 aromatic carbocycles. The summed E-state index contributed by atoms with van der Waals surface area (Å²) in [4.78, 5) is 3.46. The highest BCUT2D eigenvalue weighted by molar-refractivity contribution is 5.22. The van der Waals surface area contributed by atoms with Gasteiger partial charge in [-0.2, -0.15) is 0 Å². The quantitative estimate of drug-likeness (QED) is 0.139. The van der Waals surface area contributed by atoms with Crippen molar-refractivity contribution < 1.29 is 0 Å². The molecule has 0 radical (unpaired) electrons. The van der Waals surface area contributed by atoms with Crippen molar-refractivity contribution in [1.82, 2.24) is 4.98 Å². The number of H-pyrrole nitrogens is 1. The highest BCUT2D eigenvalue weighted by atomic mass is 14.7. The Balaban J connectivity index is 1.94. The van der Waals surface area contributed by atoms with Crippen molar-refractivity contribution in [3.63, 3.8) is 0 Å². The van der Waals surface area contributed by atoms with Crippen LogP contribution in [0.2, 0.25) is 0 Å². The number of aromatic nitrogens is 1. The second-order valence-electron chi connectivity index (χ2n) is 9.86. The summed E-state index contributed by atoms with van der Waals surface area (Å²) in [5.41, 5.74) is 2.96. The van der Waals surface area contributed by atoms with Crippen LogP contribution in [0.1, 0.15) is 161 Å². The van der Waals surface area contributed by atoms with Crippen LogP contribution in [-0.4, -0.2) is 4.98 Å². The van der Waals surface area contributed by atoms with Crippen LogP contribution >= 0.6 is 0 Å². The Bertz CT molecular complexity index is 498. The van der Waals surface area contributed by atoms with Crippen LogP contribution in [0.4, 0.5) is 0 Å². The van der Waals surface area contributed by atoms with Gasteiger partial charge in [0.05, 0.1) is 0 Å². The number of unbranched alkanes of at least 4 members (excludes halogenated alkanes) is 17. The zero-order chi connectivity index (χ0) is 22.4. The molecular formula is C30H55N. The van der Waals surface area contributed by atoms with Crippen LogP contribution in [0.3, 0.4) is 0 Å². The fourth-order valence-electron chi connectivity index (χ4n) is 4.78. The zero-order valence-corrected chi connectivity index (χ0v) is 21.5. The fourth-order valence-corrected chi connectivity index (χ4v) is 4.78. The third kappa shape index (κ3) is 15.5. The van der Waals surface area contributed by atoms with Gasteiger partial charge in [0.25, 0.3) is 0 Å². The Morgan fingerprint density at radius 2 is 1.19 bits per heavy atom. The molecule has 1 heteroatoms. The summed E-state index contributed by atoms with van der Waals surface area (Å²) in [6, 6.07) is 4.41. The van der Waals surface area contributed by atoms with E-state index >= 15 is 0 Å². The number of hydrogen-bond donors (Lipinski definition) is 1. The number of aromatic amines is 1. The lowest BCUT2D eigenvalue weighted by Gasteiger charge is -2.17. The zero-order valence-electron chi connectivity index (χ0n) is 21.5. The fraction of sp³-hybridized carbons (Fsp3) is 0.800. The van der Waals surface area contributed by atoms with Crippen molar-refractivity contribution in [1.29, 1.82) is 0 Å². The highest BCUT2D eigenvalue weighted by Gasteiger charge is 2.13. The molecular weight excluding hydrogens is 374 g/mol. The maximum absolute atomic E-state index is 3.46. The van der Waals surface area contributed by atoms with Gasteiger partial charge in [0, 0.05) is 17.8 Å². The molecule has 1 unspecified atom stereocenters. The van der Waals surface area contributed by atoms with E-state index in [4.69, 9.17) is 0 Å². The first-order valence-corrected chi connectivity index (χ1v) is 14.1. The summed E-state index contributed by atoms with van der Waals surface area (Å²) in [7, 11) is 0. The smallest absolute Gasteiger partial charge is 0.0219 e. The van der Waals surface area contributed by atoms with Gasteiger partial charge in [-0.05, 0) is 31.9 Å². The van der Waals surface area contributed by atoms with Gasteiger partial charge in [-0.3, -0.25) is 0 Å². The number of rotatable bonds is 22. The lowest BCUT2D eigenvalue weighted by Crippen LogP contribution is -2.01. The van der Waals surface area contributed by atoms with Gasteiger partial charge >= 0.3 is 0 Å². The van der Waals surface area contributed by atoms with Gasteiger partial charge in [0.15, 0.2) is 0 Å². The van der Waals surface area contributed by atoms with Crippen molar-refractivity contribution in [3.8, 4) is 0 Å². The van der Waals surface area contributed by atoms with Crippen LogP contribution in [0, 0.1) is 0 Å². The molecule has 0 saturated carbocycles. The monoisotopic (exact) mass is 429 g/mol. The first-order chi connectivity index (χ1) is 15.3. The number of nitrogens with one attached hydrogen (secondary N) is 1. The van der Waals surface area contributed by atoms with E-state index < -0.39 is 0 Å². The molecule has 1 atom stereocenters. The molecule has 0 fully saturated rings. The van der Waals surface area contributed by atoms with E-state index in [-0.39, 0.29) is 0 Å². The minimum atomic E-state index is 0.595. The molecule has 0 bridgehead atoms. The summed E-state index contributed by atoms with van der Waals surface area (Å²) in [6.07, 6.45) is 32.8. The summed E-state index contributed by atoms with van der Waals surface area (Å²) >= 11 is 0. The molecule has 0 aliphatic carbocycles. The highest BCUT2D eigenvalue weighted by Crippen LogP contribution is 2.29. The molecule has 0 aliphatic heterocycles. The molecule has 1 N–H and O–H groups in total. The van der Waals surface area contributed by atoms with Gasteiger partial charge in [-0.1, -0.05) is 141 Å². The van der Waals surface area contributed by atoms with Gasteiger partial charge in [0.2, 0.25) is 0 Å². The minimum Gasteiger partial charge on any atom is -0.364 e. The maximum Gasteiger partial charge on any atom is 0.0219 e. The topological polar surface area (TPSA) is 15.8 Å². The molecule has 1 heterocycles. The van der Waals surface area contributed by atoms with Crippen LogP contribution in [0.15, 0.2) is 30.0 Å². The summed E-state index contributed by atoms with van der Waals surface area (Å²) in [5, 5.41) is 0. The summed E-state index contributed by atoms with van der Waals surface area (Å²) < 4.78 is 0. The molecule has 0 amide bonds. The third-order valence-electron chi connectivity index (χ3n) is 6.90. The van der Waals surface area contributed by atoms with Crippen LogP contribution < -0.4 is 0 Å². The lowest BCUT2D eigenvalue weighted by molar-refractivity contribution is 0.520. The van der Waals surface area contributed by atoms with E-state index in [0.717, 1.165) is 0 Å². The van der Waals surface area contributed by atoms with Crippen LogP contribution in [0.5, 0.6) is 0 Å². The van der Waals surface area contributed by atoms with E-state index in [1.807, 2.05) is 0 Å². The molecule has 1 aromatic rings. The van der Waals surface area contributed by atoms with E-state index in [9.17, 15) is 0 Å². The molecule has 1 nitrogen and oxygen atoms in total. The predicted octanol–water partition coefficient (Wildman–Crippen LogP) is 10.9. The van der Waals surface area contributed by atoms with Crippen LogP contribution in [-0.2, 0) is 0 Å². The standard InChI is InChI=1S/C30H55N/c1-4-6-8-9-10-11-12-13-14-15-16-17-18-19-20-21-22-25-29(28(3)24-7-5-2)30-26-23-27-31-30/h23-24,26-27,29,31H,4-22,25H2,1-3H3. The summed E-state index contributed by atoms with van der Waals surface area (Å²) in [6.45, 7) is 6.90. The minimum absolute atomic E-state index is 0.595. The van der Waals surface area contributed by atoms with E-state index in [1.165, 1.54) is 134 Å². The SMILES string of the molecule is CCCC=C(C)C(CCCCCCCCCCCCCCCCCCC)c1ccc[nH]1. The number of allylic oxidation sites excluding steroid dienone is 2. The van der Waals surface area contributed by atoms with Crippen molar-refractivity contribution in [2.45, 2.75) is 155 Å². The van der Waals surface area contributed by atoms with Gasteiger partial charge in [0.1, 0.15) is 0 Å².